The van der Waals surface area contributed by atoms with Gasteiger partial charge in [-0.2, -0.15) is 0 Å². The molecule has 0 saturated heterocycles. The van der Waals surface area contributed by atoms with Gasteiger partial charge in [0.15, 0.2) is 0 Å². The van der Waals surface area contributed by atoms with Crippen molar-refractivity contribution >= 4 is 0 Å². The predicted octanol–water partition coefficient (Wildman–Crippen LogP) is 4.24. The molecule has 3 atom stereocenters. The molecule has 2 aromatic rings. The first-order chi connectivity index (χ1) is 14.7. The van der Waals surface area contributed by atoms with E-state index in [9.17, 15) is 5.11 Å². The lowest BCUT2D eigenvalue weighted by molar-refractivity contribution is -0.138. The molecule has 2 aromatic carbocycles. The Morgan fingerprint density at radius 2 is 1.40 bits per heavy atom. The number of nitrogens with zero attached hydrogens (tertiary/aromatic N) is 1. The Hall–Kier alpha value is -1.76. The fourth-order valence-corrected chi connectivity index (χ4v) is 3.66. The summed E-state index contributed by atoms with van der Waals surface area (Å²) in [6.07, 6.45) is 0.807. The van der Waals surface area contributed by atoms with Gasteiger partial charge >= 0.3 is 0 Å². The number of hydrogen-bond donors (Lipinski definition) is 1. The highest BCUT2D eigenvalue weighted by Crippen LogP contribution is 2.23. The van der Waals surface area contributed by atoms with E-state index >= 15 is 0 Å². The highest BCUT2D eigenvalue weighted by atomic mass is 16.7. The third-order valence-corrected chi connectivity index (χ3v) is 5.27. The van der Waals surface area contributed by atoms with Crippen molar-refractivity contribution in [3.05, 3.63) is 71.8 Å². The highest BCUT2D eigenvalue weighted by molar-refractivity contribution is 5.17. The smallest absolute Gasteiger partial charge is 0.147 e. The van der Waals surface area contributed by atoms with E-state index in [2.05, 4.69) is 60.4 Å². The Kier molecular flexibility index (Phi) is 11.7. The molecule has 0 spiro atoms. The molecule has 2 rings (SSSR count). The second kappa shape index (κ2) is 14.3. The Morgan fingerprint density at radius 3 is 1.87 bits per heavy atom. The topological polar surface area (TPSA) is 51.2 Å². The Labute approximate surface area is 181 Å². The standard InChI is InChI=1S/C25H37NO4/c1-4-23(27)25(24(5-2)30-20-29-17-16-28-3)26(18-21-12-8-6-9-13-21)19-22-14-10-7-11-15-22/h6-15,23-25,27H,4-5,16-20H2,1-3H3/t23-,24-,25+/m1/s1. The zero-order chi connectivity index (χ0) is 21.6. The minimum absolute atomic E-state index is 0.144. The van der Waals surface area contributed by atoms with Crippen LogP contribution in [0.4, 0.5) is 0 Å². The number of aliphatic hydroxyl groups excluding tert-OH is 1. The second-order valence-corrected chi connectivity index (χ2v) is 7.47. The maximum atomic E-state index is 11.0. The summed E-state index contributed by atoms with van der Waals surface area (Å²) in [4.78, 5) is 2.34. The van der Waals surface area contributed by atoms with Crippen molar-refractivity contribution in [1.29, 1.82) is 0 Å². The molecule has 0 aromatic heterocycles. The maximum absolute atomic E-state index is 11.0. The lowest BCUT2D eigenvalue weighted by atomic mass is 9.97. The van der Waals surface area contributed by atoms with Crippen LogP contribution in [-0.2, 0) is 27.3 Å². The first-order valence-corrected chi connectivity index (χ1v) is 10.9. The molecule has 0 bridgehead atoms. The fraction of sp³-hybridized carbons (Fsp3) is 0.520. The van der Waals surface area contributed by atoms with E-state index < -0.39 is 6.10 Å². The predicted molar refractivity (Wildman–Crippen MR) is 120 cm³/mol. The summed E-state index contributed by atoms with van der Waals surface area (Å²) < 4.78 is 16.7. The van der Waals surface area contributed by atoms with Crippen molar-refractivity contribution in [2.45, 2.75) is 58.0 Å². The van der Waals surface area contributed by atoms with Crippen LogP contribution in [0.25, 0.3) is 0 Å². The van der Waals surface area contributed by atoms with E-state index in [0.717, 1.165) is 19.5 Å². The molecule has 166 valence electrons. The minimum Gasteiger partial charge on any atom is -0.391 e. The third kappa shape index (κ3) is 8.17. The van der Waals surface area contributed by atoms with Crippen molar-refractivity contribution < 1.29 is 19.3 Å². The highest BCUT2D eigenvalue weighted by Gasteiger charge is 2.33. The molecular formula is C25H37NO4. The molecule has 0 unspecified atom stereocenters. The second-order valence-electron chi connectivity index (χ2n) is 7.47. The van der Waals surface area contributed by atoms with Gasteiger partial charge in [-0.05, 0) is 24.0 Å². The van der Waals surface area contributed by atoms with E-state index in [1.54, 1.807) is 7.11 Å². The molecule has 0 amide bonds. The molecule has 0 aliphatic rings. The molecule has 5 heteroatoms. The molecule has 0 aliphatic heterocycles. The van der Waals surface area contributed by atoms with Gasteiger partial charge < -0.3 is 19.3 Å². The van der Waals surface area contributed by atoms with Crippen molar-refractivity contribution in [3.8, 4) is 0 Å². The zero-order valence-corrected chi connectivity index (χ0v) is 18.6. The molecule has 0 radical (unpaired) electrons. The Balaban J connectivity index is 2.21. The normalized spacial score (nSPS) is 14.6. The molecule has 0 heterocycles. The lowest BCUT2D eigenvalue weighted by Gasteiger charge is -2.39. The summed E-state index contributed by atoms with van der Waals surface area (Å²) in [6, 6.07) is 20.6. The molecule has 0 saturated carbocycles. The van der Waals surface area contributed by atoms with Crippen LogP contribution in [0.5, 0.6) is 0 Å². The summed E-state index contributed by atoms with van der Waals surface area (Å²) >= 11 is 0. The largest absolute Gasteiger partial charge is 0.391 e. The van der Waals surface area contributed by atoms with Crippen molar-refractivity contribution in [3.63, 3.8) is 0 Å². The third-order valence-electron chi connectivity index (χ3n) is 5.27. The van der Waals surface area contributed by atoms with Gasteiger partial charge in [0, 0.05) is 20.2 Å². The van der Waals surface area contributed by atoms with Crippen LogP contribution < -0.4 is 0 Å². The molecular weight excluding hydrogens is 378 g/mol. The first kappa shape index (κ1) is 24.5. The SMILES string of the molecule is CC[C@@H](O)[C@@H]([C@@H](CC)OCOCCOC)N(Cc1ccccc1)Cc1ccccc1. The summed E-state index contributed by atoms with van der Waals surface area (Å²) in [5.41, 5.74) is 2.43. The Bertz CT molecular complexity index is 626. The number of aliphatic hydroxyl groups is 1. The van der Waals surface area contributed by atoms with Gasteiger partial charge in [0.1, 0.15) is 6.79 Å². The van der Waals surface area contributed by atoms with Crippen LogP contribution in [0.1, 0.15) is 37.8 Å². The van der Waals surface area contributed by atoms with Crippen LogP contribution in [0, 0.1) is 0 Å². The van der Waals surface area contributed by atoms with E-state index in [4.69, 9.17) is 14.2 Å². The summed E-state index contributed by atoms with van der Waals surface area (Å²) in [5.74, 6) is 0. The van der Waals surface area contributed by atoms with Gasteiger partial charge in [-0.3, -0.25) is 4.90 Å². The molecule has 5 nitrogen and oxygen atoms in total. The first-order valence-electron chi connectivity index (χ1n) is 10.9. The number of rotatable bonds is 15. The summed E-state index contributed by atoms with van der Waals surface area (Å²) in [6.45, 7) is 6.81. The van der Waals surface area contributed by atoms with Crippen LogP contribution in [0.3, 0.4) is 0 Å². The number of ether oxygens (including phenoxy) is 3. The van der Waals surface area contributed by atoms with Gasteiger partial charge in [0.25, 0.3) is 0 Å². The Morgan fingerprint density at radius 1 is 0.833 bits per heavy atom. The minimum atomic E-state index is -0.499. The van der Waals surface area contributed by atoms with Gasteiger partial charge in [-0.25, -0.2) is 0 Å². The number of methoxy groups -OCH3 is 1. The van der Waals surface area contributed by atoms with E-state index in [-0.39, 0.29) is 18.9 Å². The maximum Gasteiger partial charge on any atom is 0.147 e. The average molecular weight is 416 g/mol. The molecule has 0 fully saturated rings. The number of hydrogen-bond acceptors (Lipinski definition) is 5. The lowest BCUT2D eigenvalue weighted by Crippen LogP contribution is -2.51. The van der Waals surface area contributed by atoms with Gasteiger partial charge in [0.2, 0.25) is 0 Å². The van der Waals surface area contributed by atoms with Crippen molar-refractivity contribution in [2.24, 2.45) is 0 Å². The average Bonchev–Trinajstić information content (AvgIpc) is 2.79. The zero-order valence-electron chi connectivity index (χ0n) is 18.6. The van der Waals surface area contributed by atoms with Crippen molar-refractivity contribution in [1.82, 2.24) is 4.90 Å². The van der Waals surface area contributed by atoms with Gasteiger partial charge in [-0.15, -0.1) is 0 Å². The van der Waals surface area contributed by atoms with Crippen LogP contribution in [-0.4, -0.2) is 55.4 Å². The summed E-state index contributed by atoms with van der Waals surface area (Å²) in [5, 5.41) is 11.0. The summed E-state index contributed by atoms with van der Waals surface area (Å²) in [7, 11) is 1.65. The number of benzene rings is 2. The molecule has 0 aliphatic carbocycles. The fourth-order valence-electron chi connectivity index (χ4n) is 3.66. The molecule has 30 heavy (non-hydrogen) atoms. The van der Waals surface area contributed by atoms with Crippen LogP contribution in [0.2, 0.25) is 0 Å². The van der Waals surface area contributed by atoms with E-state index in [1.807, 2.05) is 19.1 Å². The quantitative estimate of drug-likeness (QED) is 0.348. The van der Waals surface area contributed by atoms with Crippen LogP contribution >= 0.6 is 0 Å². The van der Waals surface area contributed by atoms with Gasteiger partial charge in [-0.1, -0.05) is 74.5 Å². The van der Waals surface area contributed by atoms with Crippen molar-refractivity contribution in [2.75, 3.05) is 27.1 Å². The monoisotopic (exact) mass is 415 g/mol. The van der Waals surface area contributed by atoms with E-state index in [0.29, 0.717) is 19.6 Å². The van der Waals surface area contributed by atoms with Crippen LogP contribution in [0.15, 0.2) is 60.7 Å². The molecule has 1 N–H and O–H groups in total. The van der Waals surface area contributed by atoms with E-state index in [1.165, 1.54) is 11.1 Å². The van der Waals surface area contributed by atoms with Gasteiger partial charge in [0.05, 0.1) is 31.5 Å².